The Balaban J connectivity index is 1.65. The van der Waals surface area contributed by atoms with Gasteiger partial charge in [0, 0.05) is 24.8 Å². The molecule has 0 aromatic carbocycles. The topological polar surface area (TPSA) is 50.4 Å². The average molecular weight is 230 g/mol. The van der Waals surface area contributed by atoms with Crippen LogP contribution in [-0.2, 0) is 9.53 Å². The van der Waals surface area contributed by atoms with Gasteiger partial charge in [0.05, 0.1) is 12.1 Å². The molecule has 86 valence electrons. The highest BCUT2D eigenvalue weighted by atomic mass is 32.2. The Morgan fingerprint density at radius 2 is 2.47 bits per heavy atom. The predicted molar refractivity (Wildman–Crippen MR) is 60.8 cm³/mol. The van der Waals surface area contributed by atoms with Crippen LogP contribution in [0.1, 0.15) is 19.3 Å². The summed E-state index contributed by atoms with van der Waals surface area (Å²) in [4.78, 5) is 11.6. The van der Waals surface area contributed by atoms with E-state index in [1.165, 1.54) is 6.42 Å². The SMILES string of the molecule is O=C(NCC1CCCCO1)C1CSCN1. The first-order chi connectivity index (χ1) is 7.36. The molecule has 2 heterocycles. The van der Waals surface area contributed by atoms with Crippen LogP contribution in [0.15, 0.2) is 0 Å². The molecular weight excluding hydrogens is 212 g/mol. The van der Waals surface area contributed by atoms with E-state index in [0.29, 0.717) is 6.54 Å². The van der Waals surface area contributed by atoms with Gasteiger partial charge in [-0.2, -0.15) is 0 Å². The summed E-state index contributed by atoms with van der Waals surface area (Å²) in [5.74, 6) is 1.89. The lowest BCUT2D eigenvalue weighted by atomic mass is 10.1. The van der Waals surface area contributed by atoms with E-state index in [9.17, 15) is 4.79 Å². The van der Waals surface area contributed by atoms with E-state index in [1.807, 2.05) is 0 Å². The molecule has 2 N–H and O–H groups in total. The average Bonchev–Trinajstić information content (AvgIpc) is 2.81. The molecule has 2 fully saturated rings. The maximum absolute atomic E-state index is 11.6. The molecule has 0 aliphatic carbocycles. The van der Waals surface area contributed by atoms with Gasteiger partial charge in [0.25, 0.3) is 0 Å². The summed E-state index contributed by atoms with van der Waals surface area (Å²) >= 11 is 1.77. The second-order valence-corrected chi connectivity index (χ2v) is 5.04. The van der Waals surface area contributed by atoms with Gasteiger partial charge < -0.3 is 10.1 Å². The Morgan fingerprint density at radius 3 is 3.13 bits per heavy atom. The summed E-state index contributed by atoms with van der Waals surface area (Å²) in [7, 11) is 0. The Bertz CT molecular complexity index is 213. The zero-order valence-corrected chi connectivity index (χ0v) is 9.65. The maximum Gasteiger partial charge on any atom is 0.238 e. The summed E-state index contributed by atoms with van der Waals surface area (Å²) in [5.41, 5.74) is 0. The van der Waals surface area contributed by atoms with Gasteiger partial charge in [-0.1, -0.05) is 0 Å². The van der Waals surface area contributed by atoms with Crippen molar-refractivity contribution in [3.8, 4) is 0 Å². The third-order valence-electron chi connectivity index (χ3n) is 2.81. The minimum absolute atomic E-state index is 0.00131. The number of hydrogen-bond acceptors (Lipinski definition) is 4. The molecule has 2 unspecified atom stereocenters. The molecule has 2 rings (SSSR count). The van der Waals surface area contributed by atoms with E-state index in [1.54, 1.807) is 11.8 Å². The minimum Gasteiger partial charge on any atom is -0.376 e. The van der Waals surface area contributed by atoms with Crippen LogP contribution in [0.25, 0.3) is 0 Å². The fraction of sp³-hybridized carbons (Fsp3) is 0.900. The summed E-state index contributed by atoms with van der Waals surface area (Å²) in [5, 5.41) is 6.11. The Labute approximate surface area is 94.5 Å². The van der Waals surface area contributed by atoms with Crippen LogP contribution in [0.2, 0.25) is 0 Å². The molecule has 2 aliphatic rings. The first kappa shape index (κ1) is 11.2. The quantitative estimate of drug-likeness (QED) is 0.734. The molecule has 0 spiro atoms. The molecule has 1 amide bonds. The lowest BCUT2D eigenvalue weighted by molar-refractivity contribution is -0.123. The van der Waals surface area contributed by atoms with Crippen molar-refractivity contribution in [2.75, 3.05) is 24.8 Å². The summed E-state index contributed by atoms with van der Waals surface area (Å²) in [6, 6.07) is -0.00131. The van der Waals surface area contributed by atoms with Crippen LogP contribution in [-0.4, -0.2) is 42.8 Å². The number of nitrogens with one attached hydrogen (secondary N) is 2. The molecule has 2 saturated heterocycles. The molecule has 4 nitrogen and oxygen atoms in total. The standard InChI is InChI=1S/C10H18N2O2S/c13-10(9-6-15-7-12-9)11-5-8-3-1-2-4-14-8/h8-9,12H,1-7H2,(H,11,13). The third-order valence-corrected chi connectivity index (χ3v) is 3.75. The summed E-state index contributed by atoms with van der Waals surface area (Å²) in [6.45, 7) is 1.51. The number of carbonyl (C=O) groups is 1. The highest BCUT2D eigenvalue weighted by molar-refractivity contribution is 7.99. The number of carbonyl (C=O) groups excluding carboxylic acids is 1. The fourth-order valence-corrected chi connectivity index (χ4v) is 2.81. The van der Waals surface area contributed by atoms with E-state index in [0.717, 1.165) is 31.1 Å². The van der Waals surface area contributed by atoms with Crippen molar-refractivity contribution in [3.63, 3.8) is 0 Å². The van der Waals surface area contributed by atoms with Gasteiger partial charge >= 0.3 is 0 Å². The lowest BCUT2D eigenvalue weighted by Crippen LogP contribution is -2.45. The van der Waals surface area contributed by atoms with Crippen molar-refractivity contribution < 1.29 is 9.53 Å². The van der Waals surface area contributed by atoms with E-state index < -0.39 is 0 Å². The highest BCUT2D eigenvalue weighted by Gasteiger charge is 2.23. The van der Waals surface area contributed by atoms with Gasteiger partial charge in [-0.05, 0) is 19.3 Å². The molecule has 0 aromatic heterocycles. The smallest absolute Gasteiger partial charge is 0.238 e. The number of ether oxygens (including phenoxy) is 1. The van der Waals surface area contributed by atoms with Gasteiger partial charge in [0.15, 0.2) is 0 Å². The Hall–Kier alpha value is -0.260. The third kappa shape index (κ3) is 3.36. The lowest BCUT2D eigenvalue weighted by Gasteiger charge is -2.23. The van der Waals surface area contributed by atoms with Crippen molar-refractivity contribution >= 4 is 17.7 Å². The van der Waals surface area contributed by atoms with Crippen LogP contribution in [0.3, 0.4) is 0 Å². The van der Waals surface area contributed by atoms with Gasteiger partial charge in [0.2, 0.25) is 5.91 Å². The van der Waals surface area contributed by atoms with Crippen molar-refractivity contribution in [3.05, 3.63) is 0 Å². The van der Waals surface area contributed by atoms with Crippen molar-refractivity contribution in [2.24, 2.45) is 0 Å². The van der Waals surface area contributed by atoms with Crippen LogP contribution in [0, 0.1) is 0 Å². The molecule has 5 heteroatoms. The van der Waals surface area contributed by atoms with Crippen LogP contribution < -0.4 is 10.6 Å². The molecule has 15 heavy (non-hydrogen) atoms. The molecule has 0 bridgehead atoms. The minimum atomic E-state index is -0.00131. The monoisotopic (exact) mass is 230 g/mol. The number of rotatable bonds is 3. The van der Waals surface area contributed by atoms with Gasteiger partial charge in [-0.25, -0.2) is 0 Å². The van der Waals surface area contributed by atoms with Gasteiger partial charge in [-0.3, -0.25) is 10.1 Å². The first-order valence-electron chi connectivity index (χ1n) is 5.57. The van der Waals surface area contributed by atoms with Crippen molar-refractivity contribution in [1.82, 2.24) is 10.6 Å². The first-order valence-corrected chi connectivity index (χ1v) is 6.72. The van der Waals surface area contributed by atoms with E-state index >= 15 is 0 Å². The summed E-state index contributed by atoms with van der Waals surface area (Å²) < 4.78 is 5.55. The van der Waals surface area contributed by atoms with Crippen molar-refractivity contribution in [2.45, 2.75) is 31.4 Å². The number of hydrogen-bond donors (Lipinski definition) is 2. The maximum atomic E-state index is 11.6. The van der Waals surface area contributed by atoms with Crippen LogP contribution in [0.5, 0.6) is 0 Å². The second-order valence-electron chi connectivity index (χ2n) is 4.01. The van der Waals surface area contributed by atoms with Crippen LogP contribution >= 0.6 is 11.8 Å². The fourth-order valence-electron chi connectivity index (χ4n) is 1.87. The largest absolute Gasteiger partial charge is 0.376 e. The van der Waals surface area contributed by atoms with Crippen molar-refractivity contribution in [1.29, 1.82) is 0 Å². The number of thioether (sulfide) groups is 1. The van der Waals surface area contributed by atoms with Crippen LogP contribution in [0.4, 0.5) is 0 Å². The molecule has 2 atom stereocenters. The summed E-state index contributed by atoms with van der Waals surface area (Å²) in [6.07, 6.45) is 3.69. The van der Waals surface area contributed by atoms with Gasteiger partial charge in [0.1, 0.15) is 0 Å². The zero-order chi connectivity index (χ0) is 10.5. The number of amides is 1. The van der Waals surface area contributed by atoms with E-state index in [2.05, 4.69) is 10.6 Å². The molecule has 2 aliphatic heterocycles. The Kier molecular flexibility index (Phi) is 4.29. The van der Waals surface area contributed by atoms with Gasteiger partial charge in [-0.15, -0.1) is 11.8 Å². The highest BCUT2D eigenvalue weighted by Crippen LogP contribution is 2.12. The normalized spacial score (nSPS) is 31.5. The second kappa shape index (κ2) is 5.72. The predicted octanol–water partition coefficient (Wildman–Crippen LogP) is 0.334. The zero-order valence-electron chi connectivity index (χ0n) is 8.83. The molecular formula is C10H18N2O2S. The Morgan fingerprint density at radius 1 is 1.53 bits per heavy atom. The van der Waals surface area contributed by atoms with E-state index in [-0.39, 0.29) is 18.1 Å². The van der Waals surface area contributed by atoms with E-state index in [4.69, 9.17) is 4.74 Å². The molecule has 0 saturated carbocycles. The molecule has 0 radical (unpaired) electrons. The molecule has 0 aromatic rings.